The monoisotopic (exact) mass is 527 g/mol. The number of carbonyl (C=O) groups is 2. The molecule has 3 aromatic rings. The van der Waals surface area contributed by atoms with Crippen molar-refractivity contribution in [2.24, 2.45) is 5.92 Å². The molecule has 0 unspecified atom stereocenters. The molecule has 5 rings (SSSR count). The Morgan fingerprint density at radius 1 is 0.769 bits per heavy atom. The lowest BCUT2D eigenvalue weighted by Crippen LogP contribution is -2.44. The van der Waals surface area contributed by atoms with E-state index in [2.05, 4.69) is 22.2 Å². The summed E-state index contributed by atoms with van der Waals surface area (Å²) in [7, 11) is 2.12. The normalized spacial score (nSPS) is 20.4. The first-order valence-electron chi connectivity index (χ1n) is 13.2. The number of nitrogens with zero attached hydrogens (tertiary/aromatic N) is 2. The second kappa shape index (κ2) is 11.7. The first-order valence-corrected chi connectivity index (χ1v) is 13.2. The molecule has 0 atom stereocenters. The van der Waals surface area contributed by atoms with E-state index in [4.69, 9.17) is 0 Å². The Bertz CT molecular complexity index is 1320. The molecule has 5 nitrogen and oxygen atoms in total. The molecule has 3 aromatic carbocycles. The minimum Gasteiger partial charge on any atom is -0.369 e. The maximum atomic E-state index is 13.4. The van der Waals surface area contributed by atoms with Crippen LogP contribution < -0.4 is 10.2 Å². The van der Waals surface area contributed by atoms with Crippen LogP contribution in [0, 0.1) is 17.6 Å². The smallest absolute Gasteiger partial charge is 0.228 e. The first kappa shape index (κ1) is 26.5. The molecule has 1 N–H and O–H groups in total. The van der Waals surface area contributed by atoms with Gasteiger partial charge in [0.2, 0.25) is 5.91 Å². The van der Waals surface area contributed by atoms with Crippen molar-refractivity contribution in [3.05, 3.63) is 107 Å². The molecule has 2 fully saturated rings. The quantitative estimate of drug-likeness (QED) is 0.426. The fourth-order valence-electron chi connectivity index (χ4n) is 5.01. The highest BCUT2D eigenvalue weighted by Crippen LogP contribution is 2.33. The fraction of sp³-hybridized carbons (Fsp3) is 0.250. The van der Waals surface area contributed by atoms with Crippen molar-refractivity contribution in [2.75, 3.05) is 43.4 Å². The Morgan fingerprint density at radius 2 is 1.26 bits per heavy atom. The van der Waals surface area contributed by atoms with Crippen molar-refractivity contribution < 1.29 is 18.4 Å². The number of benzene rings is 3. The molecular weight excluding hydrogens is 496 g/mol. The van der Waals surface area contributed by atoms with E-state index in [-0.39, 0.29) is 36.2 Å². The third-order valence-electron chi connectivity index (χ3n) is 7.31. The number of halogens is 2. The van der Waals surface area contributed by atoms with Gasteiger partial charge in [0.15, 0.2) is 5.78 Å². The molecule has 2 aliphatic rings. The number of nitrogens with one attached hydrogen (secondary N) is 1. The van der Waals surface area contributed by atoms with Crippen LogP contribution in [-0.4, -0.2) is 49.8 Å². The third kappa shape index (κ3) is 6.67. The summed E-state index contributed by atoms with van der Waals surface area (Å²) in [4.78, 5) is 31.4. The first-order chi connectivity index (χ1) is 18.8. The zero-order chi connectivity index (χ0) is 27.4. The van der Waals surface area contributed by atoms with Gasteiger partial charge >= 0.3 is 0 Å². The lowest BCUT2D eigenvalue weighted by Gasteiger charge is -2.34. The average Bonchev–Trinajstić information content (AvgIpc) is 2.94. The van der Waals surface area contributed by atoms with Crippen LogP contribution in [0.1, 0.15) is 24.0 Å². The SMILES string of the molecule is CN1CCN(c2ccc(NC(=O)C3C/C(=C\c4ccc(F)cc4)C(=O)/C(=C/c4ccc(F)cc4)C3)cc2)CC1. The Hall–Kier alpha value is -4.10. The van der Waals surface area contributed by atoms with Crippen LogP contribution in [0.15, 0.2) is 83.9 Å². The second-order valence-electron chi connectivity index (χ2n) is 10.2. The largest absolute Gasteiger partial charge is 0.369 e. The van der Waals surface area contributed by atoms with E-state index in [9.17, 15) is 18.4 Å². The van der Waals surface area contributed by atoms with Crippen molar-refractivity contribution in [3.8, 4) is 0 Å². The highest BCUT2D eigenvalue weighted by Gasteiger charge is 2.32. The Balaban J connectivity index is 1.36. The number of piperazine rings is 1. The zero-order valence-corrected chi connectivity index (χ0v) is 21.9. The number of allylic oxidation sites excluding steroid dienone is 2. The van der Waals surface area contributed by atoms with Crippen LogP contribution in [0.25, 0.3) is 12.2 Å². The summed E-state index contributed by atoms with van der Waals surface area (Å²) in [6, 6.07) is 19.6. The molecule has 1 saturated carbocycles. The van der Waals surface area contributed by atoms with Gasteiger partial charge in [-0.25, -0.2) is 8.78 Å². The highest BCUT2D eigenvalue weighted by atomic mass is 19.1. The summed E-state index contributed by atoms with van der Waals surface area (Å²) in [5.74, 6) is -1.53. The summed E-state index contributed by atoms with van der Waals surface area (Å²) < 4.78 is 26.8. The number of rotatable bonds is 5. The molecule has 1 saturated heterocycles. The number of Topliss-reactive ketones (excluding diaryl/α,β-unsaturated/α-hetero) is 1. The number of amides is 1. The molecule has 0 aromatic heterocycles. The number of hydrogen-bond donors (Lipinski definition) is 1. The van der Waals surface area contributed by atoms with Gasteiger partial charge in [-0.3, -0.25) is 9.59 Å². The summed E-state index contributed by atoms with van der Waals surface area (Å²) in [5, 5.41) is 3.02. The van der Waals surface area contributed by atoms with Crippen LogP contribution in [0.2, 0.25) is 0 Å². The molecule has 200 valence electrons. The van der Waals surface area contributed by atoms with E-state index >= 15 is 0 Å². The van der Waals surface area contributed by atoms with E-state index < -0.39 is 5.92 Å². The Morgan fingerprint density at radius 3 is 1.74 bits per heavy atom. The van der Waals surface area contributed by atoms with Gasteiger partial charge < -0.3 is 15.1 Å². The average molecular weight is 528 g/mol. The van der Waals surface area contributed by atoms with Crippen LogP contribution in [0.4, 0.5) is 20.2 Å². The van der Waals surface area contributed by atoms with Crippen LogP contribution in [0.5, 0.6) is 0 Å². The standard InChI is InChI=1S/C32H31F2N3O2/c1-36-14-16-37(17-15-36)30-12-10-29(11-13-30)35-32(39)26-20-24(18-22-2-6-27(33)7-3-22)31(38)25(21-26)19-23-4-8-28(34)9-5-23/h2-13,18-19,26H,14-17,20-21H2,1H3,(H,35,39)/b24-18+,25-19+. The topological polar surface area (TPSA) is 52.6 Å². The highest BCUT2D eigenvalue weighted by molar-refractivity contribution is 6.15. The third-order valence-corrected chi connectivity index (χ3v) is 7.31. The van der Waals surface area contributed by atoms with E-state index in [1.165, 1.54) is 24.3 Å². The Labute approximate surface area is 227 Å². The molecule has 1 aliphatic carbocycles. The lowest BCUT2D eigenvalue weighted by atomic mass is 9.79. The number of ketones is 1. The summed E-state index contributed by atoms with van der Waals surface area (Å²) in [5.41, 5.74) is 4.14. The molecule has 1 heterocycles. The predicted molar refractivity (Wildman–Crippen MR) is 151 cm³/mol. The van der Waals surface area contributed by atoms with Gasteiger partial charge in [-0.05, 0) is 91.7 Å². The lowest BCUT2D eigenvalue weighted by molar-refractivity contribution is -0.120. The summed E-state index contributed by atoms with van der Waals surface area (Å²) >= 11 is 0. The molecule has 1 amide bonds. The van der Waals surface area contributed by atoms with E-state index in [1.807, 2.05) is 24.3 Å². The van der Waals surface area contributed by atoms with Gasteiger partial charge in [0.25, 0.3) is 0 Å². The van der Waals surface area contributed by atoms with Gasteiger partial charge in [-0.2, -0.15) is 0 Å². The molecular formula is C32H31F2N3O2. The number of anilines is 2. The zero-order valence-electron chi connectivity index (χ0n) is 21.9. The minimum absolute atomic E-state index is 0.163. The minimum atomic E-state index is -0.474. The van der Waals surface area contributed by atoms with Gasteiger partial charge in [0.05, 0.1) is 0 Å². The summed E-state index contributed by atoms with van der Waals surface area (Å²) in [6.07, 6.45) is 3.96. The fourth-order valence-corrected chi connectivity index (χ4v) is 5.01. The van der Waals surface area contributed by atoms with Gasteiger partial charge in [-0.15, -0.1) is 0 Å². The van der Waals surface area contributed by atoms with Crippen LogP contribution >= 0.6 is 0 Å². The molecule has 0 radical (unpaired) electrons. The Kier molecular flexibility index (Phi) is 7.98. The van der Waals surface area contributed by atoms with Crippen LogP contribution in [0.3, 0.4) is 0 Å². The molecule has 0 spiro atoms. The molecule has 0 bridgehead atoms. The number of hydrogen-bond acceptors (Lipinski definition) is 4. The van der Waals surface area contributed by atoms with Crippen LogP contribution in [-0.2, 0) is 9.59 Å². The molecule has 7 heteroatoms. The van der Waals surface area contributed by atoms with Crippen molar-refractivity contribution in [3.63, 3.8) is 0 Å². The van der Waals surface area contributed by atoms with E-state index in [1.54, 1.807) is 36.4 Å². The predicted octanol–water partition coefficient (Wildman–Crippen LogP) is 5.80. The van der Waals surface area contributed by atoms with Gasteiger partial charge in [0, 0.05) is 54.6 Å². The van der Waals surface area contributed by atoms with Crippen molar-refractivity contribution in [2.45, 2.75) is 12.8 Å². The number of carbonyl (C=O) groups excluding carboxylic acids is 2. The van der Waals surface area contributed by atoms with Gasteiger partial charge in [-0.1, -0.05) is 24.3 Å². The van der Waals surface area contributed by atoms with E-state index in [0.29, 0.717) is 28.0 Å². The van der Waals surface area contributed by atoms with Gasteiger partial charge in [0.1, 0.15) is 11.6 Å². The maximum absolute atomic E-state index is 13.4. The number of likely N-dealkylation sites (N-methyl/N-ethyl adjacent to an activating group) is 1. The summed E-state index contributed by atoms with van der Waals surface area (Å²) in [6.45, 7) is 3.95. The van der Waals surface area contributed by atoms with Crippen molar-refractivity contribution >= 4 is 35.2 Å². The molecule has 39 heavy (non-hydrogen) atoms. The van der Waals surface area contributed by atoms with E-state index in [0.717, 1.165) is 31.9 Å². The van der Waals surface area contributed by atoms with Crippen molar-refractivity contribution in [1.29, 1.82) is 0 Å². The maximum Gasteiger partial charge on any atom is 0.228 e. The second-order valence-corrected chi connectivity index (χ2v) is 10.2. The van der Waals surface area contributed by atoms with Crippen molar-refractivity contribution in [1.82, 2.24) is 4.90 Å². The molecule has 1 aliphatic heterocycles.